The van der Waals surface area contributed by atoms with Crippen LogP contribution in [0.4, 0.5) is 0 Å². The molecule has 0 amide bonds. The molecule has 0 aliphatic carbocycles. The third-order valence-corrected chi connectivity index (χ3v) is 2.90. The topological polar surface area (TPSA) is 0 Å². The lowest BCUT2D eigenvalue weighted by molar-refractivity contribution is 0.308. The monoisotopic (exact) mass is 210 g/mol. The van der Waals surface area contributed by atoms with Crippen LogP contribution in [0.15, 0.2) is 12.2 Å². The highest BCUT2D eigenvalue weighted by atomic mass is 14.2. The van der Waals surface area contributed by atoms with E-state index < -0.39 is 0 Å². The Labute approximate surface area is 97.2 Å². The molecule has 0 heterocycles. The first-order valence-corrected chi connectivity index (χ1v) is 6.50. The van der Waals surface area contributed by atoms with E-state index in [1.54, 1.807) is 0 Å². The van der Waals surface area contributed by atoms with Crippen molar-refractivity contribution in [3.05, 3.63) is 12.2 Å². The van der Waals surface area contributed by atoms with Gasteiger partial charge < -0.3 is 0 Å². The third kappa shape index (κ3) is 10.0. The van der Waals surface area contributed by atoms with E-state index in [4.69, 9.17) is 0 Å². The van der Waals surface area contributed by atoms with Crippen LogP contribution in [0.1, 0.15) is 67.2 Å². The van der Waals surface area contributed by atoms with Crippen LogP contribution in [0.5, 0.6) is 0 Å². The minimum atomic E-state index is 0.476. The zero-order valence-corrected chi connectivity index (χ0v) is 11.6. The summed E-state index contributed by atoms with van der Waals surface area (Å²) in [6, 6.07) is 0. The molecule has 0 aliphatic heterocycles. The van der Waals surface area contributed by atoms with Gasteiger partial charge in [0.1, 0.15) is 0 Å². The van der Waals surface area contributed by atoms with Crippen LogP contribution in [-0.4, -0.2) is 0 Å². The molecule has 0 spiro atoms. The molecule has 0 aliphatic rings. The second-order valence-electron chi connectivity index (χ2n) is 6.33. The lowest BCUT2D eigenvalue weighted by Gasteiger charge is -2.22. The van der Waals surface area contributed by atoms with Gasteiger partial charge >= 0.3 is 0 Å². The van der Waals surface area contributed by atoms with E-state index in [1.807, 2.05) is 0 Å². The summed E-state index contributed by atoms with van der Waals surface area (Å²) in [6.45, 7) is 13.9. The standard InChI is InChI=1S/C15H30/c1-7-13(2)10-8-9-11-14(3)12-15(4,5)6/h8-9,13-14H,7,10-12H2,1-6H3/b9-8+. The molecule has 15 heavy (non-hydrogen) atoms. The first kappa shape index (κ1) is 14.7. The summed E-state index contributed by atoms with van der Waals surface area (Å²) in [6.07, 6.45) is 9.85. The minimum absolute atomic E-state index is 0.476. The minimum Gasteiger partial charge on any atom is -0.0883 e. The van der Waals surface area contributed by atoms with Crippen LogP contribution < -0.4 is 0 Å². The summed E-state index contributed by atoms with van der Waals surface area (Å²) in [5.74, 6) is 1.66. The number of rotatable bonds is 6. The molecule has 0 aromatic rings. The summed E-state index contributed by atoms with van der Waals surface area (Å²) in [5.41, 5.74) is 0.476. The molecule has 0 N–H and O–H groups in total. The van der Waals surface area contributed by atoms with E-state index in [1.165, 1.54) is 25.7 Å². The first-order chi connectivity index (χ1) is 6.85. The lowest BCUT2D eigenvalue weighted by Crippen LogP contribution is -2.10. The predicted molar refractivity (Wildman–Crippen MR) is 71.1 cm³/mol. The Balaban J connectivity index is 3.66. The Hall–Kier alpha value is -0.260. The van der Waals surface area contributed by atoms with Gasteiger partial charge in [-0.25, -0.2) is 0 Å². The van der Waals surface area contributed by atoms with E-state index in [9.17, 15) is 0 Å². The predicted octanol–water partition coefficient (Wildman–Crippen LogP) is 5.44. The Morgan fingerprint density at radius 3 is 1.80 bits per heavy atom. The maximum atomic E-state index is 2.38. The first-order valence-electron chi connectivity index (χ1n) is 6.50. The summed E-state index contributed by atoms with van der Waals surface area (Å²) in [5, 5.41) is 0. The van der Waals surface area contributed by atoms with E-state index in [0.717, 1.165) is 11.8 Å². The lowest BCUT2D eigenvalue weighted by atomic mass is 9.84. The van der Waals surface area contributed by atoms with Gasteiger partial charge in [-0.1, -0.05) is 60.1 Å². The fourth-order valence-electron chi connectivity index (χ4n) is 1.95. The summed E-state index contributed by atoms with van der Waals surface area (Å²) in [4.78, 5) is 0. The summed E-state index contributed by atoms with van der Waals surface area (Å²) < 4.78 is 0. The Kier molecular flexibility index (Phi) is 6.96. The largest absolute Gasteiger partial charge is 0.0883 e. The van der Waals surface area contributed by atoms with Crippen LogP contribution in [0.3, 0.4) is 0 Å². The highest BCUT2D eigenvalue weighted by Crippen LogP contribution is 2.26. The van der Waals surface area contributed by atoms with Crippen LogP contribution in [-0.2, 0) is 0 Å². The van der Waals surface area contributed by atoms with E-state index in [0.29, 0.717) is 5.41 Å². The van der Waals surface area contributed by atoms with Gasteiger partial charge in [0.15, 0.2) is 0 Å². The van der Waals surface area contributed by atoms with Crippen LogP contribution in [0.25, 0.3) is 0 Å². The quantitative estimate of drug-likeness (QED) is 0.512. The van der Waals surface area contributed by atoms with E-state index in [2.05, 4.69) is 53.7 Å². The van der Waals surface area contributed by atoms with Crippen molar-refractivity contribution in [3.8, 4) is 0 Å². The molecular weight excluding hydrogens is 180 g/mol. The summed E-state index contributed by atoms with van der Waals surface area (Å²) >= 11 is 0. The highest BCUT2D eigenvalue weighted by molar-refractivity contribution is 4.85. The van der Waals surface area contributed by atoms with Crippen molar-refractivity contribution < 1.29 is 0 Å². The molecule has 0 nitrogen and oxygen atoms in total. The number of hydrogen-bond donors (Lipinski definition) is 0. The van der Waals surface area contributed by atoms with Gasteiger partial charge in [0.25, 0.3) is 0 Å². The molecule has 2 atom stereocenters. The normalized spacial score (nSPS) is 16.9. The van der Waals surface area contributed by atoms with Gasteiger partial charge in [-0.2, -0.15) is 0 Å². The van der Waals surface area contributed by atoms with Gasteiger partial charge in [-0.15, -0.1) is 0 Å². The van der Waals surface area contributed by atoms with Crippen molar-refractivity contribution in [1.82, 2.24) is 0 Å². The maximum absolute atomic E-state index is 2.38. The fraction of sp³-hybridized carbons (Fsp3) is 0.867. The zero-order valence-electron chi connectivity index (χ0n) is 11.6. The number of allylic oxidation sites excluding steroid dienone is 2. The molecule has 0 bridgehead atoms. The molecule has 0 radical (unpaired) electrons. The molecule has 0 fully saturated rings. The molecule has 0 saturated heterocycles. The van der Waals surface area contributed by atoms with Gasteiger partial charge in [0.2, 0.25) is 0 Å². The van der Waals surface area contributed by atoms with Gasteiger partial charge in [-0.3, -0.25) is 0 Å². The fourth-order valence-corrected chi connectivity index (χ4v) is 1.95. The van der Waals surface area contributed by atoms with Gasteiger partial charge in [0, 0.05) is 0 Å². The molecule has 0 heteroatoms. The van der Waals surface area contributed by atoms with E-state index in [-0.39, 0.29) is 0 Å². The van der Waals surface area contributed by atoms with Gasteiger partial charge in [-0.05, 0) is 36.5 Å². The Bertz CT molecular complexity index is 171. The Morgan fingerprint density at radius 1 is 0.933 bits per heavy atom. The molecule has 0 rings (SSSR count). The molecule has 0 aromatic heterocycles. The van der Waals surface area contributed by atoms with Crippen molar-refractivity contribution >= 4 is 0 Å². The zero-order chi connectivity index (χ0) is 11.9. The number of hydrogen-bond acceptors (Lipinski definition) is 0. The third-order valence-electron chi connectivity index (χ3n) is 2.90. The molecular formula is C15H30. The van der Waals surface area contributed by atoms with E-state index >= 15 is 0 Å². The molecule has 90 valence electrons. The molecule has 0 aromatic carbocycles. The summed E-state index contributed by atoms with van der Waals surface area (Å²) in [7, 11) is 0. The maximum Gasteiger partial charge on any atom is -0.0325 e. The average Bonchev–Trinajstić information content (AvgIpc) is 2.09. The van der Waals surface area contributed by atoms with Crippen LogP contribution in [0.2, 0.25) is 0 Å². The SMILES string of the molecule is CCC(C)C/C=C/CC(C)CC(C)(C)C. The average molecular weight is 210 g/mol. The van der Waals surface area contributed by atoms with Gasteiger partial charge in [0.05, 0.1) is 0 Å². The van der Waals surface area contributed by atoms with Crippen LogP contribution in [0, 0.1) is 17.3 Å². The second kappa shape index (κ2) is 7.09. The van der Waals surface area contributed by atoms with Crippen molar-refractivity contribution in [3.63, 3.8) is 0 Å². The molecule has 0 saturated carbocycles. The molecule has 2 unspecified atom stereocenters. The highest BCUT2D eigenvalue weighted by Gasteiger charge is 2.13. The van der Waals surface area contributed by atoms with Crippen molar-refractivity contribution in [1.29, 1.82) is 0 Å². The Morgan fingerprint density at radius 2 is 1.40 bits per heavy atom. The van der Waals surface area contributed by atoms with Crippen LogP contribution >= 0.6 is 0 Å². The second-order valence-corrected chi connectivity index (χ2v) is 6.33. The van der Waals surface area contributed by atoms with Crippen molar-refractivity contribution in [2.75, 3.05) is 0 Å². The van der Waals surface area contributed by atoms with Crippen molar-refractivity contribution in [2.24, 2.45) is 17.3 Å². The van der Waals surface area contributed by atoms with Crippen molar-refractivity contribution in [2.45, 2.75) is 67.2 Å². The smallest absolute Gasteiger partial charge is 0.0325 e.